The number of hydrogen-bond acceptors (Lipinski definition) is 3. The van der Waals surface area contributed by atoms with E-state index in [0.717, 1.165) is 36.2 Å². The highest BCUT2D eigenvalue weighted by molar-refractivity contribution is 6.30. The molecule has 24 heavy (non-hydrogen) atoms. The molecule has 0 aliphatic carbocycles. The standard InChI is InChI=1S/C20H22ClNO2/c21-17-9-7-15(8-10-17)16-4-3-11-22(12-16)13-18-14-23-19-5-1-2-6-20(19)24-18/h1-2,5-10,16,18H,3-4,11-14H2. The molecule has 3 nitrogen and oxygen atoms in total. The molecular weight excluding hydrogens is 322 g/mol. The van der Waals surface area contributed by atoms with E-state index in [1.165, 1.54) is 18.4 Å². The van der Waals surface area contributed by atoms with Crippen LogP contribution in [-0.4, -0.2) is 37.2 Å². The fourth-order valence-electron chi connectivity index (χ4n) is 3.67. The number of nitrogens with zero attached hydrogens (tertiary/aromatic N) is 1. The van der Waals surface area contributed by atoms with Gasteiger partial charge in [-0.25, -0.2) is 0 Å². The molecule has 0 bridgehead atoms. The van der Waals surface area contributed by atoms with Gasteiger partial charge in [0, 0.05) is 18.1 Å². The molecule has 1 saturated heterocycles. The van der Waals surface area contributed by atoms with Crippen LogP contribution in [0.2, 0.25) is 5.02 Å². The Morgan fingerprint density at radius 3 is 2.67 bits per heavy atom. The van der Waals surface area contributed by atoms with Crippen molar-refractivity contribution < 1.29 is 9.47 Å². The largest absolute Gasteiger partial charge is 0.486 e. The topological polar surface area (TPSA) is 21.7 Å². The van der Waals surface area contributed by atoms with Crippen LogP contribution in [0.25, 0.3) is 0 Å². The SMILES string of the molecule is Clc1ccc(C2CCCN(CC3COc4ccccc4O3)C2)cc1. The van der Waals surface area contributed by atoms with Crippen LogP contribution in [0.5, 0.6) is 11.5 Å². The third kappa shape index (κ3) is 3.52. The number of piperidine rings is 1. The third-order valence-electron chi connectivity index (χ3n) is 4.88. The zero-order chi connectivity index (χ0) is 16.4. The molecule has 2 aromatic carbocycles. The van der Waals surface area contributed by atoms with Gasteiger partial charge in [-0.3, -0.25) is 4.90 Å². The third-order valence-corrected chi connectivity index (χ3v) is 5.13. The van der Waals surface area contributed by atoms with Crippen LogP contribution in [0.4, 0.5) is 0 Å². The van der Waals surface area contributed by atoms with E-state index >= 15 is 0 Å². The number of benzene rings is 2. The summed E-state index contributed by atoms with van der Waals surface area (Å²) in [6.07, 6.45) is 2.56. The number of hydrogen-bond donors (Lipinski definition) is 0. The molecule has 2 aliphatic heterocycles. The average Bonchev–Trinajstić information content (AvgIpc) is 2.62. The predicted molar refractivity (Wildman–Crippen MR) is 96.2 cm³/mol. The molecule has 126 valence electrons. The van der Waals surface area contributed by atoms with Crippen LogP contribution < -0.4 is 9.47 Å². The summed E-state index contributed by atoms with van der Waals surface area (Å²) in [5, 5.41) is 0.804. The lowest BCUT2D eigenvalue weighted by Gasteiger charge is -2.36. The summed E-state index contributed by atoms with van der Waals surface area (Å²) in [6, 6.07) is 16.2. The zero-order valence-corrected chi connectivity index (χ0v) is 14.4. The summed E-state index contributed by atoms with van der Waals surface area (Å²) in [5.41, 5.74) is 1.38. The fraction of sp³-hybridized carbons (Fsp3) is 0.400. The fourth-order valence-corrected chi connectivity index (χ4v) is 3.80. The molecule has 2 heterocycles. The second-order valence-corrected chi connectivity index (χ2v) is 7.08. The Morgan fingerprint density at radius 1 is 1.04 bits per heavy atom. The first-order valence-corrected chi connectivity index (χ1v) is 9.02. The van der Waals surface area contributed by atoms with Gasteiger partial charge in [0.2, 0.25) is 0 Å². The van der Waals surface area contributed by atoms with Crippen molar-refractivity contribution in [2.45, 2.75) is 24.9 Å². The highest BCUT2D eigenvalue weighted by Crippen LogP contribution is 2.32. The summed E-state index contributed by atoms with van der Waals surface area (Å²) in [4.78, 5) is 2.50. The van der Waals surface area contributed by atoms with E-state index < -0.39 is 0 Å². The summed E-state index contributed by atoms with van der Waals surface area (Å²) >= 11 is 6.01. The molecule has 2 atom stereocenters. The summed E-state index contributed by atoms with van der Waals surface area (Å²) < 4.78 is 11.9. The first kappa shape index (κ1) is 15.8. The normalized spacial score (nSPS) is 23.9. The second kappa shape index (κ2) is 7.04. The van der Waals surface area contributed by atoms with E-state index in [-0.39, 0.29) is 6.10 Å². The van der Waals surface area contributed by atoms with E-state index in [1.807, 2.05) is 36.4 Å². The van der Waals surface area contributed by atoms with E-state index in [4.69, 9.17) is 21.1 Å². The maximum Gasteiger partial charge on any atom is 0.161 e. The van der Waals surface area contributed by atoms with E-state index in [2.05, 4.69) is 17.0 Å². The maximum absolute atomic E-state index is 6.11. The minimum Gasteiger partial charge on any atom is -0.486 e. The van der Waals surface area contributed by atoms with Gasteiger partial charge in [-0.1, -0.05) is 35.9 Å². The lowest BCUT2D eigenvalue weighted by molar-refractivity contribution is 0.0505. The van der Waals surface area contributed by atoms with Crippen molar-refractivity contribution in [3.63, 3.8) is 0 Å². The van der Waals surface area contributed by atoms with Gasteiger partial charge in [0.1, 0.15) is 12.7 Å². The Labute approximate surface area is 148 Å². The molecular formula is C20H22ClNO2. The molecule has 0 spiro atoms. The van der Waals surface area contributed by atoms with E-state index in [0.29, 0.717) is 12.5 Å². The molecule has 4 heteroatoms. The van der Waals surface area contributed by atoms with Gasteiger partial charge in [0.15, 0.2) is 11.5 Å². The van der Waals surface area contributed by atoms with Crippen molar-refractivity contribution in [1.29, 1.82) is 0 Å². The van der Waals surface area contributed by atoms with Gasteiger partial charge in [-0.2, -0.15) is 0 Å². The quantitative estimate of drug-likeness (QED) is 0.826. The van der Waals surface area contributed by atoms with Crippen molar-refractivity contribution in [3.05, 3.63) is 59.1 Å². The predicted octanol–water partition coefficient (Wildman–Crippen LogP) is 4.36. The van der Waals surface area contributed by atoms with Gasteiger partial charge in [0.25, 0.3) is 0 Å². The van der Waals surface area contributed by atoms with Gasteiger partial charge < -0.3 is 9.47 Å². The monoisotopic (exact) mass is 343 g/mol. The van der Waals surface area contributed by atoms with E-state index in [9.17, 15) is 0 Å². The molecule has 2 unspecified atom stereocenters. The van der Waals surface area contributed by atoms with Gasteiger partial charge in [-0.15, -0.1) is 0 Å². The van der Waals surface area contributed by atoms with Crippen molar-refractivity contribution >= 4 is 11.6 Å². The van der Waals surface area contributed by atoms with Crippen molar-refractivity contribution in [2.75, 3.05) is 26.2 Å². The number of fused-ring (bicyclic) bond motifs is 1. The number of rotatable bonds is 3. The highest BCUT2D eigenvalue weighted by atomic mass is 35.5. The summed E-state index contributed by atoms with van der Waals surface area (Å²) in [6.45, 7) is 3.74. The number of halogens is 1. The van der Waals surface area contributed by atoms with Crippen LogP contribution in [-0.2, 0) is 0 Å². The Hall–Kier alpha value is -1.71. The zero-order valence-electron chi connectivity index (χ0n) is 13.7. The average molecular weight is 344 g/mol. The van der Waals surface area contributed by atoms with Crippen molar-refractivity contribution in [2.24, 2.45) is 0 Å². The Morgan fingerprint density at radius 2 is 1.83 bits per heavy atom. The first-order valence-electron chi connectivity index (χ1n) is 8.64. The smallest absolute Gasteiger partial charge is 0.161 e. The van der Waals surface area contributed by atoms with Crippen molar-refractivity contribution in [3.8, 4) is 11.5 Å². The maximum atomic E-state index is 6.11. The molecule has 1 fully saturated rings. The Kier molecular flexibility index (Phi) is 4.63. The Bertz CT molecular complexity index is 688. The minimum absolute atomic E-state index is 0.101. The molecule has 0 amide bonds. The van der Waals surface area contributed by atoms with Crippen LogP contribution in [0.1, 0.15) is 24.3 Å². The molecule has 2 aliphatic rings. The van der Waals surface area contributed by atoms with Gasteiger partial charge in [0.05, 0.1) is 0 Å². The summed E-state index contributed by atoms with van der Waals surface area (Å²) in [5.74, 6) is 2.29. The van der Waals surface area contributed by atoms with Crippen LogP contribution in [0.3, 0.4) is 0 Å². The second-order valence-electron chi connectivity index (χ2n) is 6.65. The van der Waals surface area contributed by atoms with Crippen molar-refractivity contribution in [1.82, 2.24) is 4.90 Å². The highest BCUT2D eigenvalue weighted by Gasteiger charge is 2.27. The molecule has 0 radical (unpaired) electrons. The lowest BCUT2D eigenvalue weighted by atomic mass is 9.90. The molecule has 2 aromatic rings. The van der Waals surface area contributed by atoms with Crippen LogP contribution in [0, 0.1) is 0 Å². The molecule has 0 N–H and O–H groups in total. The van der Waals surface area contributed by atoms with Gasteiger partial charge in [-0.05, 0) is 55.1 Å². The van der Waals surface area contributed by atoms with Crippen LogP contribution >= 0.6 is 11.6 Å². The Balaban J connectivity index is 1.38. The van der Waals surface area contributed by atoms with Gasteiger partial charge >= 0.3 is 0 Å². The van der Waals surface area contributed by atoms with E-state index in [1.54, 1.807) is 0 Å². The lowest BCUT2D eigenvalue weighted by Crippen LogP contribution is -2.44. The number of para-hydroxylation sites is 2. The number of ether oxygens (including phenoxy) is 2. The molecule has 0 saturated carbocycles. The first-order chi connectivity index (χ1) is 11.8. The summed E-state index contributed by atoms with van der Waals surface area (Å²) in [7, 11) is 0. The van der Waals surface area contributed by atoms with Crippen LogP contribution in [0.15, 0.2) is 48.5 Å². The molecule has 4 rings (SSSR count). The number of likely N-dealkylation sites (tertiary alicyclic amines) is 1. The minimum atomic E-state index is 0.101. The molecule has 0 aromatic heterocycles.